The van der Waals surface area contributed by atoms with Crippen LogP contribution in [0.1, 0.15) is 29.7 Å². The highest BCUT2D eigenvalue weighted by Gasteiger charge is 2.27. The highest BCUT2D eigenvalue weighted by atomic mass is 35.5. The van der Waals surface area contributed by atoms with Crippen LogP contribution in [-0.2, 0) is 17.6 Å². The SMILES string of the molecule is CCc1ccc(C2CNCCN2C(=O)Cc2ccsc2)cc1.Cl. The van der Waals surface area contributed by atoms with Gasteiger partial charge in [-0.2, -0.15) is 11.3 Å². The maximum absolute atomic E-state index is 12.7. The Balaban J connectivity index is 0.00000192. The standard InChI is InChI=1S/C18H22N2OS.ClH/c1-2-14-3-5-16(6-4-14)17-12-19-8-9-20(17)18(21)11-15-7-10-22-13-15;/h3-7,10,13,17,19H,2,8-9,11-12H2,1H3;1H. The van der Waals surface area contributed by atoms with Gasteiger partial charge < -0.3 is 10.2 Å². The van der Waals surface area contributed by atoms with Gasteiger partial charge in [-0.15, -0.1) is 12.4 Å². The molecule has 3 rings (SSSR count). The molecule has 1 N–H and O–H groups in total. The molecule has 1 aliphatic rings. The lowest BCUT2D eigenvalue weighted by Crippen LogP contribution is -2.49. The smallest absolute Gasteiger partial charge is 0.227 e. The molecule has 0 saturated carbocycles. The van der Waals surface area contributed by atoms with E-state index in [2.05, 4.69) is 41.9 Å². The molecule has 1 aromatic heterocycles. The van der Waals surface area contributed by atoms with Crippen molar-refractivity contribution in [2.45, 2.75) is 25.8 Å². The van der Waals surface area contributed by atoms with Crippen LogP contribution >= 0.6 is 23.7 Å². The number of nitrogens with zero attached hydrogens (tertiary/aromatic N) is 1. The van der Waals surface area contributed by atoms with Crippen LogP contribution < -0.4 is 5.32 Å². The van der Waals surface area contributed by atoms with Crippen molar-refractivity contribution < 1.29 is 4.79 Å². The van der Waals surface area contributed by atoms with E-state index in [-0.39, 0.29) is 24.4 Å². The summed E-state index contributed by atoms with van der Waals surface area (Å²) in [6, 6.07) is 10.9. The number of halogens is 1. The van der Waals surface area contributed by atoms with Crippen LogP contribution in [0.25, 0.3) is 0 Å². The molecule has 1 aromatic carbocycles. The first-order valence-corrected chi connectivity index (χ1v) is 8.82. The number of amides is 1. The molecule has 1 aliphatic heterocycles. The number of carbonyl (C=O) groups is 1. The van der Waals surface area contributed by atoms with E-state index in [0.29, 0.717) is 6.42 Å². The first kappa shape index (κ1) is 18.0. The van der Waals surface area contributed by atoms with Crippen LogP contribution in [0.4, 0.5) is 0 Å². The summed E-state index contributed by atoms with van der Waals surface area (Å²) >= 11 is 1.65. The molecule has 1 atom stereocenters. The molecule has 2 heterocycles. The third kappa shape index (κ3) is 4.34. The van der Waals surface area contributed by atoms with E-state index in [1.165, 1.54) is 11.1 Å². The molecule has 0 spiro atoms. The fourth-order valence-corrected chi connectivity index (χ4v) is 3.61. The van der Waals surface area contributed by atoms with Gasteiger partial charge in [-0.05, 0) is 39.9 Å². The third-order valence-corrected chi connectivity index (χ3v) is 5.00. The van der Waals surface area contributed by atoms with Gasteiger partial charge >= 0.3 is 0 Å². The molecular formula is C18H23ClN2OS. The van der Waals surface area contributed by atoms with Crippen molar-refractivity contribution in [3.63, 3.8) is 0 Å². The molecule has 1 unspecified atom stereocenters. The van der Waals surface area contributed by atoms with Crippen molar-refractivity contribution in [3.05, 3.63) is 57.8 Å². The van der Waals surface area contributed by atoms with Gasteiger partial charge in [-0.3, -0.25) is 4.79 Å². The van der Waals surface area contributed by atoms with Gasteiger partial charge in [0, 0.05) is 19.6 Å². The second-order valence-electron chi connectivity index (χ2n) is 5.71. The Morgan fingerprint density at radius 2 is 2.04 bits per heavy atom. The molecule has 0 radical (unpaired) electrons. The van der Waals surface area contributed by atoms with Crippen LogP contribution in [-0.4, -0.2) is 30.4 Å². The molecule has 2 aromatic rings. The summed E-state index contributed by atoms with van der Waals surface area (Å²) in [6.07, 6.45) is 1.55. The number of piperazine rings is 1. The van der Waals surface area contributed by atoms with Crippen molar-refractivity contribution >= 4 is 29.7 Å². The summed E-state index contributed by atoms with van der Waals surface area (Å²) in [6.45, 7) is 4.65. The first-order chi connectivity index (χ1) is 10.8. The van der Waals surface area contributed by atoms with Gasteiger partial charge in [-0.25, -0.2) is 0 Å². The molecule has 1 amide bonds. The summed E-state index contributed by atoms with van der Waals surface area (Å²) in [5, 5.41) is 7.50. The Morgan fingerprint density at radius 3 is 2.70 bits per heavy atom. The van der Waals surface area contributed by atoms with E-state index >= 15 is 0 Å². The zero-order valence-corrected chi connectivity index (χ0v) is 15.0. The van der Waals surface area contributed by atoms with Crippen molar-refractivity contribution in [1.82, 2.24) is 10.2 Å². The second kappa shape index (κ2) is 8.48. The van der Waals surface area contributed by atoms with Crippen LogP contribution in [0.15, 0.2) is 41.1 Å². The highest BCUT2D eigenvalue weighted by Crippen LogP contribution is 2.24. The summed E-state index contributed by atoms with van der Waals surface area (Å²) in [4.78, 5) is 14.7. The molecule has 124 valence electrons. The van der Waals surface area contributed by atoms with Crippen LogP contribution in [0.2, 0.25) is 0 Å². The van der Waals surface area contributed by atoms with Gasteiger partial charge in [0.1, 0.15) is 0 Å². The Labute approximate surface area is 148 Å². The number of nitrogens with one attached hydrogen (secondary N) is 1. The lowest BCUT2D eigenvalue weighted by molar-refractivity contribution is -0.133. The molecule has 5 heteroatoms. The molecule has 1 fully saturated rings. The molecule has 23 heavy (non-hydrogen) atoms. The fourth-order valence-electron chi connectivity index (χ4n) is 2.95. The minimum absolute atomic E-state index is 0. The average molecular weight is 351 g/mol. The van der Waals surface area contributed by atoms with Crippen LogP contribution in [0, 0.1) is 0 Å². The monoisotopic (exact) mass is 350 g/mol. The quantitative estimate of drug-likeness (QED) is 0.916. The van der Waals surface area contributed by atoms with Crippen LogP contribution in [0.5, 0.6) is 0 Å². The predicted molar refractivity (Wildman–Crippen MR) is 98.4 cm³/mol. The number of hydrogen-bond donors (Lipinski definition) is 1. The molecule has 3 nitrogen and oxygen atoms in total. The molecule has 1 saturated heterocycles. The lowest BCUT2D eigenvalue weighted by Gasteiger charge is -2.36. The number of rotatable bonds is 4. The van der Waals surface area contributed by atoms with E-state index in [9.17, 15) is 4.79 Å². The molecular weight excluding hydrogens is 328 g/mol. The van der Waals surface area contributed by atoms with Gasteiger partial charge in [0.15, 0.2) is 0 Å². The fraction of sp³-hybridized carbons (Fsp3) is 0.389. The highest BCUT2D eigenvalue weighted by molar-refractivity contribution is 7.08. The maximum Gasteiger partial charge on any atom is 0.227 e. The number of thiophene rings is 1. The zero-order chi connectivity index (χ0) is 15.4. The Hall–Kier alpha value is -1.36. The summed E-state index contributed by atoms with van der Waals surface area (Å²) in [5.74, 6) is 0.226. The van der Waals surface area contributed by atoms with E-state index in [0.717, 1.165) is 31.6 Å². The number of benzene rings is 1. The predicted octanol–water partition coefficient (Wildman–Crippen LogP) is 3.45. The Morgan fingerprint density at radius 1 is 1.26 bits per heavy atom. The third-order valence-electron chi connectivity index (χ3n) is 4.27. The van der Waals surface area contributed by atoms with E-state index in [1.54, 1.807) is 11.3 Å². The van der Waals surface area contributed by atoms with Gasteiger partial charge in [-0.1, -0.05) is 31.2 Å². The topological polar surface area (TPSA) is 32.3 Å². The van der Waals surface area contributed by atoms with E-state index < -0.39 is 0 Å². The van der Waals surface area contributed by atoms with Crippen LogP contribution in [0.3, 0.4) is 0 Å². The largest absolute Gasteiger partial charge is 0.333 e. The zero-order valence-electron chi connectivity index (χ0n) is 13.3. The Kier molecular flexibility index (Phi) is 6.63. The summed E-state index contributed by atoms with van der Waals surface area (Å²) < 4.78 is 0. The number of hydrogen-bond acceptors (Lipinski definition) is 3. The summed E-state index contributed by atoms with van der Waals surface area (Å²) in [7, 11) is 0. The molecule has 0 bridgehead atoms. The minimum atomic E-state index is 0. The summed E-state index contributed by atoms with van der Waals surface area (Å²) in [5.41, 5.74) is 3.68. The van der Waals surface area contributed by atoms with Crippen molar-refractivity contribution in [3.8, 4) is 0 Å². The second-order valence-corrected chi connectivity index (χ2v) is 6.49. The Bertz CT molecular complexity index is 612. The minimum Gasteiger partial charge on any atom is -0.333 e. The van der Waals surface area contributed by atoms with Gasteiger partial charge in [0.2, 0.25) is 5.91 Å². The van der Waals surface area contributed by atoms with Gasteiger partial charge in [0.25, 0.3) is 0 Å². The maximum atomic E-state index is 12.7. The van der Waals surface area contributed by atoms with Crippen molar-refractivity contribution in [2.24, 2.45) is 0 Å². The molecule has 0 aliphatic carbocycles. The average Bonchev–Trinajstić information content (AvgIpc) is 3.08. The lowest BCUT2D eigenvalue weighted by atomic mass is 10.00. The van der Waals surface area contributed by atoms with E-state index in [1.807, 2.05) is 16.3 Å². The van der Waals surface area contributed by atoms with Crippen molar-refractivity contribution in [1.29, 1.82) is 0 Å². The normalized spacial score (nSPS) is 17.6. The van der Waals surface area contributed by atoms with Gasteiger partial charge in [0.05, 0.1) is 12.5 Å². The van der Waals surface area contributed by atoms with E-state index in [4.69, 9.17) is 0 Å². The number of aryl methyl sites for hydroxylation is 1. The number of carbonyl (C=O) groups excluding carboxylic acids is 1. The first-order valence-electron chi connectivity index (χ1n) is 7.88. The van der Waals surface area contributed by atoms with Crippen molar-refractivity contribution in [2.75, 3.05) is 19.6 Å².